The van der Waals surface area contributed by atoms with Crippen LogP contribution in [0.2, 0.25) is 0 Å². The van der Waals surface area contributed by atoms with Gasteiger partial charge in [0.05, 0.1) is 35.6 Å². The van der Waals surface area contributed by atoms with Crippen LogP contribution in [0.1, 0.15) is 133 Å². The highest BCUT2D eigenvalue weighted by atomic mass is 16.6. The summed E-state index contributed by atoms with van der Waals surface area (Å²) >= 11 is 0. The van der Waals surface area contributed by atoms with Crippen LogP contribution in [-0.4, -0.2) is 35.2 Å². The van der Waals surface area contributed by atoms with Gasteiger partial charge in [-0.05, 0) is 138 Å². The Balaban J connectivity index is 0.000000270. The van der Waals surface area contributed by atoms with E-state index in [4.69, 9.17) is 20.9 Å². The molecule has 4 rings (SSSR count). The first-order chi connectivity index (χ1) is 22.9. The average molecular weight is 693 g/mol. The Morgan fingerprint density at radius 1 is 0.660 bits per heavy atom. The highest BCUT2D eigenvalue weighted by Crippen LogP contribution is 2.41. The van der Waals surface area contributed by atoms with Crippen LogP contribution in [0.3, 0.4) is 0 Å². The standard InChI is InChI=1S/2C21H34N2O2/c2*1-14-9-16(13-21(5,6)12-14)23-18-8-7-15(10-17(18)22)11-19(24)25-20(2,3)4/h2*7-8,10,14,16,23H,9,11-13,22H2,1-6H3/t2*14-,16+/m10/s1. The molecule has 2 aliphatic carbocycles. The number of nitrogen functional groups attached to an aromatic ring is 2. The van der Waals surface area contributed by atoms with Gasteiger partial charge in [-0.15, -0.1) is 0 Å². The Kier molecular flexibility index (Phi) is 13.4. The smallest absolute Gasteiger partial charge is 0.310 e. The van der Waals surface area contributed by atoms with Gasteiger partial charge < -0.3 is 31.6 Å². The van der Waals surface area contributed by atoms with E-state index >= 15 is 0 Å². The molecule has 0 unspecified atom stereocenters. The summed E-state index contributed by atoms with van der Waals surface area (Å²) in [6.07, 6.45) is 7.67. The Hall–Kier alpha value is -3.42. The second-order valence-electron chi connectivity index (χ2n) is 18.9. The van der Waals surface area contributed by atoms with Gasteiger partial charge in [0.15, 0.2) is 0 Å². The van der Waals surface area contributed by atoms with Gasteiger partial charge in [-0.3, -0.25) is 9.59 Å². The zero-order valence-electron chi connectivity index (χ0n) is 33.2. The summed E-state index contributed by atoms with van der Waals surface area (Å²) in [4.78, 5) is 23.9. The van der Waals surface area contributed by atoms with Crippen LogP contribution < -0.4 is 22.1 Å². The SMILES string of the molecule is C[C@@H]1C[C@H](Nc2ccc(CC(=O)OC(C)(C)C)cc2N)CC(C)(C)C1.C[C@H]1C[C@@H](Nc2ccc(CC(=O)OC(C)(C)C)cc2N)CC(C)(C)C1. The summed E-state index contributed by atoms with van der Waals surface area (Å²) in [5.41, 5.74) is 17.3. The molecule has 0 aromatic heterocycles. The van der Waals surface area contributed by atoms with Gasteiger partial charge in [-0.1, -0.05) is 53.7 Å². The summed E-state index contributed by atoms with van der Waals surface area (Å²) in [5, 5.41) is 7.23. The van der Waals surface area contributed by atoms with Crippen LogP contribution in [0.15, 0.2) is 36.4 Å². The van der Waals surface area contributed by atoms with E-state index in [1.54, 1.807) is 0 Å². The highest BCUT2D eigenvalue weighted by Gasteiger charge is 2.33. The van der Waals surface area contributed by atoms with Crippen LogP contribution in [-0.2, 0) is 31.9 Å². The Morgan fingerprint density at radius 2 is 1.00 bits per heavy atom. The first-order valence-electron chi connectivity index (χ1n) is 18.6. The van der Waals surface area contributed by atoms with Crippen LogP contribution in [0.4, 0.5) is 22.7 Å². The Bertz CT molecular complexity index is 1340. The second kappa shape index (κ2) is 16.3. The number of nitrogens with one attached hydrogen (secondary N) is 2. The van der Waals surface area contributed by atoms with Gasteiger partial charge in [0.2, 0.25) is 0 Å². The van der Waals surface area contributed by atoms with E-state index < -0.39 is 11.2 Å². The van der Waals surface area contributed by atoms with E-state index in [9.17, 15) is 9.59 Å². The lowest BCUT2D eigenvalue weighted by Gasteiger charge is -2.39. The normalized spacial score (nSPS) is 23.1. The van der Waals surface area contributed by atoms with Crippen LogP contribution in [0.5, 0.6) is 0 Å². The molecule has 2 fully saturated rings. The number of hydrogen-bond acceptors (Lipinski definition) is 8. The monoisotopic (exact) mass is 693 g/mol. The molecule has 0 amide bonds. The Morgan fingerprint density at radius 3 is 1.28 bits per heavy atom. The summed E-state index contributed by atoms with van der Waals surface area (Å²) < 4.78 is 10.7. The number of hydrogen-bond donors (Lipinski definition) is 4. The van der Waals surface area contributed by atoms with Crippen molar-refractivity contribution in [3.8, 4) is 0 Å². The molecule has 0 radical (unpaired) electrons. The quantitative estimate of drug-likeness (QED) is 0.159. The van der Waals surface area contributed by atoms with Crippen molar-refractivity contribution in [2.75, 3.05) is 22.1 Å². The molecule has 6 N–H and O–H groups in total. The third-order valence-electron chi connectivity index (χ3n) is 9.26. The molecule has 4 atom stereocenters. The minimum atomic E-state index is -0.464. The minimum Gasteiger partial charge on any atom is -0.460 e. The third kappa shape index (κ3) is 14.4. The molecule has 2 aromatic rings. The largest absolute Gasteiger partial charge is 0.460 e. The third-order valence-corrected chi connectivity index (χ3v) is 9.26. The average Bonchev–Trinajstić information content (AvgIpc) is 2.88. The van der Waals surface area contributed by atoms with Gasteiger partial charge in [-0.2, -0.15) is 0 Å². The fourth-order valence-electron chi connectivity index (χ4n) is 8.15. The predicted octanol–water partition coefficient (Wildman–Crippen LogP) is 9.56. The molecule has 8 heteroatoms. The van der Waals surface area contributed by atoms with Crippen molar-refractivity contribution in [3.05, 3.63) is 47.5 Å². The number of anilines is 4. The lowest BCUT2D eigenvalue weighted by atomic mass is 9.70. The van der Waals surface area contributed by atoms with Crippen molar-refractivity contribution >= 4 is 34.7 Å². The fourth-order valence-corrected chi connectivity index (χ4v) is 8.15. The molecule has 0 spiro atoms. The van der Waals surface area contributed by atoms with Crippen molar-refractivity contribution in [2.45, 2.75) is 158 Å². The molecule has 0 aliphatic heterocycles. The Labute approximate surface area is 303 Å². The maximum absolute atomic E-state index is 12.0. The molecule has 0 heterocycles. The number of carbonyl (C=O) groups excluding carboxylic acids is 2. The van der Waals surface area contributed by atoms with Crippen LogP contribution >= 0.6 is 0 Å². The molecule has 280 valence electrons. The van der Waals surface area contributed by atoms with Gasteiger partial charge in [0.25, 0.3) is 0 Å². The van der Waals surface area contributed by atoms with E-state index in [2.05, 4.69) is 52.2 Å². The van der Waals surface area contributed by atoms with Gasteiger partial charge in [0, 0.05) is 12.1 Å². The van der Waals surface area contributed by atoms with Crippen molar-refractivity contribution in [3.63, 3.8) is 0 Å². The van der Waals surface area contributed by atoms with Crippen LogP contribution in [0.25, 0.3) is 0 Å². The summed E-state index contributed by atoms with van der Waals surface area (Å²) in [5.74, 6) is 0.980. The molecular formula is C42H68N4O4. The highest BCUT2D eigenvalue weighted by molar-refractivity contribution is 5.76. The number of carbonyl (C=O) groups is 2. The fraction of sp³-hybridized carbons (Fsp3) is 0.667. The van der Waals surface area contributed by atoms with Crippen molar-refractivity contribution in [2.24, 2.45) is 22.7 Å². The number of rotatable bonds is 8. The molecule has 8 nitrogen and oxygen atoms in total. The lowest BCUT2D eigenvalue weighted by molar-refractivity contribution is -0.155. The van der Waals surface area contributed by atoms with Crippen molar-refractivity contribution in [1.82, 2.24) is 0 Å². The molecule has 0 saturated heterocycles. The van der Waals surface area contributed by atoms with Crippen molar-refractivity contribution < 1.29 is 19.1 Å². The zero-order valence-corrected chi connectivity index (χ0v) is 33.2. The first kappa shape index (κ1) is 41.0. The van der Waals surface area contributed by atoms with E-state index in [0.29, 0.717) is 46.1 Å². The summed E-state index contributed by atoms with van der Waals surface area (Å²) in [6, 6.07) is 12.5. The van der Waals surface area contributed by atoms with E-state index in [-0.39, 0.29) is 24.8 Å². The zero-order chi connectivity index (χ0) is 37.7. The van der Waals surface area contributed by atoms with E-state index in [1.807, 2.05) is 77.9 Å². The van der Waals surface area contributed by atoms with Crippen molar-refractivity contribution in [1.29, 1.82) is 0 Å². The topological polar surface area (TPSA) is 129 Å². The maximum atomic E-state index is 12.0. The molecule has 50 heavy (non-hydrogen) atoms. The van der Waals surface area contributed by atoms with E-state index in [0.717, 1.165) is 35.3 Å². The first-order valence-corrected chi connectivity index (χ1v) is 18.6. The summed E-state index contributed by atoms with van der Waals surface area (Å²) in [6.45, 7) is 25.2. The second-order valence-corrected chi connectivity index (χ2v) is 18.9. The summed E-state index contributed by atoms with van der Waals surface area (Å²) in [7, 11) is 0. The molecule has 2 saturated carbocycles. The number of benzene rings is 2. The predicted molar refractivity (Wildman–Crippen MR) is 209 cm³/mol. The lowest BCUT2D eigenvalue weighted by Crippen LogP contribution is -2.35. The number of ether oxygens (including phenoxy) is 2. The molecule has 2 aliphatic rings. The van der Waals surface area contributed by atoms with Gasteiger partial charge in [-0.25, -0.2) is 0 Å². The number of nitrogens with two attached hydrogens (primary N) is 2. The molecule has 0 bridgehead atoms. The van der Waals surface area contributed by atoms with Crippen LogP contribution in [0, 0.1) is 22.7 Å². The molecule has 2 aromatic carbocycles. The number of esters is 2. The molecular weight excluding hydrogens is 624 g/mol. The minimum absolute atomic E-state index is 0.226. The maximum Gasteiger partial charge on any atom is 0.310 e. The van der Waals surface area contributed by atoms with E-state index in [1.165, 1.54) is 25.7 Å². The van der Waals surface area contributed by atoms with Gasteiger partial charge >= 0.3 is 11.9 Å². The van der Waals surface area contributed by atoms with Gasteiger partial charge in [0.1, 0.15) is 11.2 Å².